The standard InChI is InChI=1S/C26H27NO4/c1-17-5-4-12-27(15-17)25(28)14-22(19-9-11-23-24(13-19)31-16-30-23)21-10-8-18-6-2-3-7-20(18)26(21)29/h2-3,6-11,13,17,22,29H,4-5,12,14-16H2,1H3. The zero-order valence-corrected chi connectivity index (χ0v) is 17.7. The summed E-state index contributed by atoms with van der Waals surface area (Å²) in [4.78, 5) is 15.3. The van der Waals surface area contributed by atoms with Gasteiger partial charge in [0.05, 0.1) is 0 Å². The largest absolute Gasteiger partial charge is 0.507 e. The summed E-state index contributed by atoms with van der Waals surface area (Å²) in [7, 11) is 0. The quantitative estimate of drug-likeness (QED) is 0.645. The van der Waals surface area contributed by atoms with Gasteiger partial charge >= 0.3 is 0 Å². The number of carbonyl (C=O) groups excluding carboxylic acids is 1. The van der Waals surface area contributed by atoms with Crippen molar-refractivity contribution >= 4 is 16.7 Å². The molecule has 2 unspecified atom stereocenters. The van der Waals surface area contributed by atoms with E-state index in [1.54, 1.807) is 0 Å². The fraction of sp³-hybridized carbons (Fsp3) is 0.346. The lowest BCUT2D eigenvalue weighted by molar-refractivity contribution is -0.133. The van der Waals surface area contributed by atoms with Gasteiger partial charge in [0.1, 0.15) is 5.75 Å². The Morgan fingerprint density at radius 3 is 2.84 bits per heavy atom. The summed E-state index contributed by atoms with van der Waals surface area (Å²) >= 11 is 0. The zero-order chi connectivity index (χ0) is 21.4. The third-order valence-corrected chi connectivity index (χ3v) is 6.49. The topological polar surface area (TPSA) is 59.0 Å². The van der Waals surface area contributed by atoms with Crippen molar-refractivity contribution in [1.29, 1.82) is 0 Å². The van der Waals surface area contributed by atoms with Crippen molar-refractivity contribution in [3.8, 4) is 17.2 Å². The molecule has 5 nitrogen and oxygen atoms in total. The van der Waals surface area contributed by atoms with Gasteiger partial charge in [0.25, 0.3) is 0 Å². The van der Waals surface area contributed by atoms with E-state index in [0.717, 1.165) is 41.4 Å². The van der Waals surface area contributed by atoms with Gasteiger partial charge < -0.3 is 19.5 Å². The summed E-state index contributed by atoms with van der Waals surface area (Å²) in [6, 6.07) is 17.5. The number of aromatic hydroxyl groups is 1. The van der Waals surface area contributed by atoms with Crippen LogP contribution in [0.2, 0.25) is 0 Å². The summed E-state index contributed by atoms with van der Waals surface area (Å²) in [6.07, 6.45) is 2.52. The molecule has 2 heterocycles. The molecule has 1 N–H and O–H groups in total. The molecule has 3 aromatic carbocycles. The van der Waals surface area contributed by atoms with Crippen LogP contribution in [0, 0.1) is 5.92 Å². The SMILES string of the molecule is CC1CCCN(C(=O)CC(c2ccc3c(c2)OCO3)c2ccc3ccccc3c2O)C1. The number of phenolic OH excluding ortho intramolecular Hbond substituents is 1. The number of amides is 1. The number of likely N-dealkylation sites (tertiary alicyclic amines) is 1. The van der Waals surface area contributed by atoms with E-state index >= 15 is 0 Å². The van der Waals surface area contributed by atoms with Crippen LogP contribution in [-0.4, -0.2) is 35.8 Å². The van der Waals surface area contributed by atoms with E-state index in [-0.39, 0.29) is 24.4 Å². The molecular weight excluding hydrogens is 390 g/mol. The Hall–Kier alpha value is -3.21. The first-order valence-corrected chi connectivity index (χ1v) is 11.0. The van der Waals surface area contributed by atoms with Crippen LogP contribution >= 0.6 is 0 Å². The lowest BCUT2D eigenvalue weighted by Gasteiger charge is -2.32. The van der Waals surface area contributed by atoms with Gasteiger partial charge in [0, 0.05) is 36.4 Å². The molecule has 5 rings (SSSR count). The van der Waals surface area contributed by atoms with E-state index in [1.807, 2.05) is 59.5 Å². The smallest absolute Gasteiger partial charge is 0.231 e. The molecule has 2 aliphatic heterocycles. The summed E-state index contributed by atoms with van der Waals surface area (Å²) in [6.45, 7) is 4.01. The van der Waals surface area contributed by atoms with Crippen LogP contribution in [0.15, 0.2) is 54.6 Å². The highest BCUT2D eigenvalue weighted by Gasteiger charge is 2.28. The third kappa shape index (κ3) is 3.80. The molecule has 5 heteroatoms. The highest BCUT2D eigenvalue weighted by Crippen LogP contribution is 2.42. The fourth-order valence-electron chi connectivity index (χ4n) is 4.81. The summed E-state index contributed by atoms with van der Waals surface area (Å²) in [5.74, 6) is 2.00. The molecule has 0 saturated carbocycles. The van der Waals surface area contributed by atoms with Crippen molar-refractivity contribution < 1.29 is 19.4 Å². The monoisotopic (exact) mass is 417 g/mol. The van der Waals surface area contributed by atoms with E-state index in [1.165, 1.54) is 6.42 Å². The molecule has 31 heavy (non-hydrogen) atoms. The van der Waals surface area contributed by atoms with E-state index in [0.29, 0.717) is 23.8 Å². The average Bonchev–Trinajstić information content (AvgIpc) is 3.26. The first-order chi connectivity index (χ1) is 15.1. The minimum atomic E-state index is -0.274. The molecule has 1 fully saturated rings. The molecule has 2 atom stereocenters. The van der Waals surface area contributed by atoms with Crippen molar-refractivity contribution in [2.75, 3.05) is 19.9 Å². The van der Waals surface area contributed by atoms with Gasteiger partial charge in [-0.25, -0.2) is 0 Å². The molecular formula is C26H27NO4. The number of carbonyl (C=O) groups is 1. The number of rotatable bonds is 4. The van der Waals surface area contributed by atoms with E-state index in [2.05, 4.69) is 6.92 Å². The average molecular weight is 418 g/mol. The molecule has 0 radical (unpaired) electrons. The highest BCUT2D eigenvalue weighted by molar-refractivity contribution is 5.90. The minimum absolute atomic E-state index is 0.127. The lowest BCUT2D eigenvalue weighted by atomic mass is 9.85. The van der Waals surface area contributed by atoms with Gasteiger partial charge in [-0.15, -0.1) is 0 Å². The van der Waals surface area contributed by atoms with Crippen molar-refractivity contribution in [1.82, 2.24) is 4.90 Å². The van der Waals surface area contributed by atoms with Crippen molar-refractivity contribution in [3.63, 3.8) is 0 Å². The predicted molar refractivity (Wildman–Crippen MR) is 120 cm³/mol. The molecule has 1 saturated heterocycles. The van der Waals surface area contributed by atoms with Crippen LogP contribution in [-0.2, 0) is 4.79 Å². The number of ether oxygens (including phenoxy) is 2. The summed E-state index contributed by atoms with van der Waals surface area (Å²) in [5, 5.41) is 12.9. The Morgan fingerprint density at radius 1 is 1.13 bits per heavy atom. The first-order valence-electron chi connectivity index (χ1n) is 11.0. The minimum Gasteiger partial charge on any atom is -0.507 e. The van der Waals surface area contributed by atoms with E-state index < -0.39 is 0 Å². The van der Waals surface area contributed by atoms with Crippen molar-refractivity contribution in [2.24, 2.45) is 5.92 Å². The molecule has 2 aliphatic rings. The van der Waals surface area contributed by atoms with Gasteiger partial charge in [-0.1, -0.05) is 49.4 Å². The number of hydrogen-bond acceptors (Lipinski definition) is 4. The summed E-state index contributed by atoms with van der Waals surface area (Å²) in [5.41, 5.74) is 1.70. The van der Waals surface area contributed by atoms with E-state index in [4.69, 9.17) is 9.47 Å². The maximum Gasteiger partial charge on any atom is 0.231 e. The summed E-state index contributed by atoms with van der Waals surface area (Å²) < 4.78 is 11.0. The predicted octanol–water partition coefficient (Wildman–Crippen LogP) is 5.05. The third-order valence-electron chi connectivity index (χ3n) is 6.49. The molecule has 3 aromatic rings. The lowest BCUT2D eigenvalue weighted by Crippen LogP contribution is -2.39. The maximum atomic E-state index is 13.3. The molecule has 0 aromatic heterocycles. The van der Waals surface area contributed by atoms with Gasteiger partial charge in [0.15, 0.2) is 11.5 Å². The second kappa shape index (κ2) is 8.14. The van der Waals surface area contributed by atoms with Crippen LogP contribution in [0.4, 0.5) is 0 Å². The molecule has 0 aliphatic carbocycles. The highest BCUT2D eigenvalue weighted by atomic mass is 16.7. The van der Waals surface area contributed by atoms with Gasteiger partial charge in [-0.05, 0) is 41.8 Å². The molecule has 1 amide bonds. The number of fused-ring (bicyclic) bond motifs is 2. The fourth-order valence-corrected chi connectivity index (χ4v) is 4.81. The first kappa shape index (κ1) is 19.7. The number of phenols is 1. The number of nitrogens with zero attached hydrogens (tertiary/aromatic N) is 1. The number of benzene rings is 3. The number of piperidine rings is 1. The van der Waals surface area contributed by atoms with Gasteiger partial charge in [0.2, 0.25) is 12.7 Å². The van der Waals surface area contributed by atoms with Crippen LogP contribution < -0.4 is 9.47 Å². The van der Waals surface area contributed by atoms with Crippen LogP contribution in [0.3, 0.4) is 0 Å². The van der Waals surface area contributed by atoms with Crippen LogP contribution in [0.25, 0.3) is 10.8 Å². The molecule has 0 spiro atoms. The van der Waals surface area contributed by atoms with Gasteiger partial charge in [-0.2, -0.15) is 0 Å². The zero-order valence-electron chi connectivity index (χ0n) is 17.7. The second-order valence-electron chi connectivity index (χ2n) is 8.68. The van der Waals surface area contributed by atoms with Gasteiger partial charge in [-0.3, -0.25) is 4.79 Å². The maximum absolute atomic E-state index is 13.3. The Labute approximate surface area is 182 Å². The Kier molecular flexibility index (Phi) is 5.18. The number of hydrogen-bond donors (Lipinski definition) is 1. The van der Waals surface area contributed by atoms with E-state index in [9.17, 15) is 9.90 Å². The Bertz CT molecular complexity index is 1130. The van der Waals surface area contributed by atoms with Crippen molar-refractivity contribution in [3.05, 3.63) is 65.7 Å². The Morgan fingerprint density at radius 2 is 1.97 bits per heavy atom. The van der Waals surface area contributed by atoms with Crippen LogP contribution in [0.5, 0.6) is 17.2 Å². The molecule has 160 valence electrons. The van der Waals surface area contributed by atoms with Crippen molar-refractivity contribution in [2.45, 2.75) is 32.1 Å². The normalized spacial score (nSPS) is 18.9. The molecule has 0 bridgehead atoms. The second-order valence-corrected chi connectivity index (χ2v) is 8.68. The Balaban J connectivity index is 1.54. The van der Waals surface area contributed by atoms with Crippen LogP contribution in [0.1, 0.15) is 43.2 Å².